The molecule has 0 fully saturated rings. The molecule has 7 heteroatoms. The van der Waals surface area contributed by atoms with Gasteiger partial charge in [-0.25, -0.2) is 12.8 Å². The monoisotopic (exact) mass is 440 g/mol. The number of halogens is 1. The SMILES string of the molecule is Cc1ccc(N(CC(=O)N[C@H](C)c2ccc(F)cc2)S(=O)(=O)c2ccc(C)cc2)cc1. The van der Waals surface area contributed by atoms with Crippen molar-refractivity contribution in [3.8, 4) is 0 Å². The van der Waals surface area contributed by atoms with E-state index in [1.807, 2.05) is 13.8 Å². The zero-order valence-corrected chi connectivity index (χ0v) is 18.5. The predicted molar refractivity (Wildman–Crippen MR) is 120 cm³/mol. The Morgan fingerprint density at radius 1 is 0.903 bits per heavy atom. The second-order valence-corrected chi connectivity index (χ2v) is 9.36. The molecule has 0 aliphatic heterocycles. The van der Waals surface area contributed by atoms with Crippen LogP contribution in [0.3, 0.4) is 0 Å². The first kappa shape index (κ1) is 22.5. The van der Waals surface area contributed by atoms with Crippen molar-refractivity contribution >= 4 is 21.6 Å². The standard InChI is InChI=1S/C24H25FN2O3S/c1-17-4-12-22(13-5-17)27(31(29,30)23-14-6-18(2)7-15-23)16-24(28)26-19(3)20-8-10-21(25)11-9-20/h4-15,19H,16H2,1-3H3,(H,26,28)/t19-/m1/s1. The number of aryl methyl sites for hydroxylation is 2. The van der Waals surface area contributed by atoms with Crippen molar-refractivity contribution < 1.29 is 17.6 Å². The molecule has 3 rings (SSSR count). The summed E-state index contributed by atoms with van der Waals surface area (Å²) in [6, 6.07) is 18.9. The molecule has 31 heavy (non-hydrogen) atoms. The van der Waals surface area contributed by atoms with Crippen LogP contribution in [0.5, 0.6) is 0 Å². The molecule has 0 saturated heterocycles. The summed E-state index contributed by atoms with van der Waals surface area (Å²) in [5.74, 6) is -0.829. The van der Waals surface area contributed by atoms with Crippen LogP contribution < -0.4 is 9.62 Å². The number of hydrogen-bond donors (Lipinski definition) is 1. The van der Waals surface area contributed by atoms with Crippen molar-refractivity contribution in [2.24, 2.45) is 0 Å². The number of nitrogens with zero attached hydrogens (tertiary/aromatic N) is 1. The highest BCUT2D eigenvalue weighted by molar-refractivity contribution is 7.92. The first-order valence-electron chi connectivity index (χ1n) is 9.88. The van der Waals surface area contributed by atoms with Crippen molar-refractivity contribution in [2.45, 2.75) is 31.7 Å². The third-order valence-corrected chi connectivity index (χ3v) is 6.75. The van der Waals surface area contributed by atoms with E-state index in [9.17, 15) is 17.6 Å². The second-order valence-electron chi connectivity index (χ2n) is 7.50. The van der Waals surface area contributed by atoms with Crippen LogP contribution in [-0.4, -0.2) is 20.9 Å². The van der Waals surface area contributed by atoms with Gasteiger partial charge in [-0.1, -0.05) is 47.5 Å². The van der Waals surface area contributed by atoms with Crippen LogP contribution >= 0.6 is 0 Å². The lowest BCUT2D eigenvalue weighted by Gasteiger charge is -2.25. The summed E-state index contributed by atoms with van der Waals surface area (Å²) < 4.78 is 41.0. The highest BCUT2D eigenvalue weighted by atomic mass is 32.2. The molecule has 0 bridgehead atoms. The Balaban J connectivity index is 1.87. The molecular formula is C24H25FN2O3S. The van der Waals surface area contributed by atoms with E-state index in [4.69, 9.17) is 0 Å². The average molecular weight is 441 g/mol. The number of sulfonamides is 1. The van der Waals surface area contributed by atoms with E-state index in [-0.39, 0.29) is 17.3 Å². The Hall–Kier alpha value is -3.19. The molecule has 1 amide bonds. The van der Waals surface area contributed by atoms with Gasteiger partial charge in [0.05, 0.1) is 16.6 Å². The van der Waals surface area contributed by atoms with E-state index in [2.05, 4.69) is 5.32 Å². The molecule has 0 heterocycles. The summed E-state index contributed by atoms with van der Waals surface area (Å²) in [6.45, 7) is 5.15. The minimum absolute atomic E-state index is 0.109. The van der Waals surface area contributed by atoms with Crippen LogP contribution in [0.15, 0.2) is 77.7 Å². The Kier molecular flexibility index (Phi) is 6.75. The number of anilines is 1. The molecular weight excluding hydrogens is 415 g/mol. The molecule has 0 aliphatic rings. The smallest absolute Gasteiger partial charge is 0.264 e. The second kappa shape index (κ2) is 9.31. The minimum Gasteiger partial charge on any atom is -0.348 e. The summed E-state index contributed by atoms with van der Waals surface area (Å²) in [5.41, 5.74) is 3.03. The number of amides is 1. The minimum atomic E-state index is -3.96. The molecule has 3 aromatic carbocycles. The predicted octanol–water partition coefficient (Wildman–Crippen LogP) is 4.52. The van der Waals surface area contributed by atoms with Crippen molar-refractivity contribution in [3.63, 3.8) is 0 Å². The first-order valence-corrected chi connectivity index (χ1v) is 11.3. The molecule has 5 nitrogen and oxygen atoms in total. The van der Waals surface area contributed by atoms with E-state index in [1.165, 1.54) is 24.3 Å². The van der Waals surface area contributed by atoms with Gasteiger partial charge >= 0.3 is 0 Å². The Bertz CT molecular complexity index is 1140. The number of nitrogens with one attached hydrogen (secondary N) is 1. The highest BCUT2D eigenvalue weighted by Gasteiger charge is 2.27. The zero-order chi connectivity index (χ0) is 22.6. The third kappa shape index (κ3) is 5.49. The summed E-state index contributed by atoms with van der Waals surface area (Å²) in [5, 5.41) is 2.79. The summed E-state index contributed by atoms with van der Waals surface area (Å²) in [6.07, 6.45) is 0. The van der Waals surface area contributed by atoms with Gasteiger partial charge in [0, 0.05) is 0 Å². The fourth-order valence-corrected chi connectivity index (χ4v) is 4.54. The number of hydrogen-bond acceptors (Lipinski definition) is 3. The largest absolute Gasteiger partial charge is 0.348 e. The third-order valence-electron chi connectivity index (χ3n) is 4.97. The van der Waals surface area contributed by atoms with Crippen molar-refractivity contribution in [2.75, 3.05) is 10.8 Å². The van der Waals surface area contributed by atoms with E-state index < -0.39 is 22.0 Å². The molecule has 0 spiro atoms. The molecule has 3 aromatic rings. The van der Waals surface area contributed by atoms with Gasteiger partial charge in [0.25, 0.3) is 10.0 Å². The molecule has 0 aliphatic carbocycles. The van der Waals surface area contributed by atoms with Gasteiger partial charge in [-0.3, -0.25) is 9.10 Å². The fraction of sp³-hybridized carbons (Fsp3) is 0.208. The lowest BCUT2D eigenvalue weighted by atomic mass is 10.1. The number of rotatable bonds is 7. The van der Waals surface area contributed by atoms with Crippen LogP contribution in [0.25, 0.3) is 0 Å². The van der Waals surface area contributed by atoms with Gasteiger partial charge in [-0.15, -0.1) is 0 Å². The van der Waals surface area contributed by atoms with E-state index >= 15 is 0 Å². The van der Waals surface area contributed by atoms with Gasteiger partial charge < -0.3 is 5.32 Å². The maximum Gasteiger partial charge on any atom is 0.264 e. The van der Waals surface area contributed by atoms with Crippen LogP contribution in [0, 0.1) is 19.7 Å². The first-order chi connectivity index (χ1) is 14.7. The maximum atomic E-state index is 13.4. The molecule has 0 unspecified atom stereocenters. The van der Waals surface area contributed by atoms with Crippen molar-refractivity contribution in [1.29, 1.82) is 0 Å². The van der Waals surface area contributed by atoms with E-state index in [0.29, 0.717) is 5.69 Å². The lowest BCUT2D eigenvalue weighted by molar-refractivity contribution is -0.120. The summed E-state index contributed by atoms with van der Waals surface area (Å²) >= 11 is 0. The summed E-state index contributed by atoms with van der Waals surface area (Å²) in [7, 11) is -3.96. The van der Waals surface area contributed by atoms with Crippen LogP contribution in [0.4, 0.5) is 10.1 Å². The van der Waals surface area contributed by atoms with Crippen molar-refractivity contribution in [1.82, 2.24) is 5.32 Å². The van der Waals surface area contributed by atoms with Gasteiger partial charge in [-0.2, -0.15) is 0 Å². The molecule has 162 valence electrons. The van der Waals surface area contributed by atoms with Crippen LogP contribution in [0.2, 0.25) is 0 Å². The Morgan fingerprint density at radius 3 is 1.97 bits per heavy atom. The topological polar surface area (TPSA) is 66.5 Å². The number of carbonyl (C=O) groups is 1. The van der Waals surface area contributed by atoms with Gasteiger partial charge in [-0.05, 0) is 62.7 Å². The molecule has 0 aromatic heterocycles. The van der Waals surface area contributed by atoms with E-state index in [1.54, 1.807) is 55.5 Å². The molecule has 0 saturated carbocycles. The van der Waals surface area contributed by atoms with Crippen LogP contribution in [-0.2, 0) is 14.8 Å². The van der Waals surface area contributed by atoms with Crippen molar-refractivity contribution in [3.05, 3.63) is 95.3 Å². The fourth-order valence-electron chi connectivity index (χ4n) is 3.12. The molecule has 0 radical (unpaired) electrons. The Labute approximate surface area is 182 Å². The van der Waals surface area contributed by atoms with E-state index in [0.717, 1.165) is 21.0 Å². The molecule has 1 N–H and O–H groups in total. The quantitative estimate of drug-likeness (QED) is 0.588. The lowest BCUT2D eigenvalue weighted by Crippen LogP contribution is -2.41. The maximum absolute atomic E-state index is 13.4. The Morgan fingerprint density at radius 2 is 1.42 bits per heavy atom. The number of carbonyl (C=O) groups excluding carboxylic acids is 1. The normalized spacial score (nSPS) is 12.3. The average Bonchev–Trinajstić information content (AvgIpc) is 2.73. The highest BCUT2D eigenvalue weighted by Crippen LogP contribution is 2.24. The van der Waals surface area contributed by atoms with Crippen LogP contribution in [0.1, 0.15) is 29.7 Å². The van der Waals surface area contributed by atoms with Gasteiger partial charge in [0.2, 0.25) is 5.91 Å². The summed E-state index contributed by atoms with van der Waals surface area (Å²) in [4.78, 5) is 12.9. The van der Waals surface area contributed by atoms with Gasteiger partial charge in [0.1, 0.15) is 12.4 Å². The molecule has 1 atom stereocenters. The van der Waals surface area contributed by atoms with Gasteiger partial charge in [0.15, 0.2) is 0 Å². The zero-order valence-electron chi connectivity index (χ0n) is 17.7. The number of benzene rings is 3.